The number of aliphatic hydroxyl groups is 3. The lowest BCUT2D eigenvalue weighted by atomic mass is 10.1. The Morgan fingerprint density at radius 1 is 0.712 bits per heavy atom. The van der Waals surface area contributed by atoms with E-state index in [1.165, 1.54) is 44.6 Å². The number of carbonyl (C=O) groups excluding carboxylic acids is 2. The van der Waals surface area contributed by atoms with Crippen LogP contribution in [0.5, 0.6) is 0 Å². The lowest BCUT2D eigenvalue weighted by Gasteiger charge is -2.21. The summed E-state index contributed by atoms with van der Waals surface area (Å²) in [6.45, 7) is 1.83. The molecule has 0 aromatic carbocycles. The van der Waals surface area contributed by atoms with Crippen molar-refractivity contribution < 1.29 is 71.4 Å². The van der Waals surface area contributed by atoms with E-state index < -0.39 is 83.7 Å². The van der Waals surface area contributed by atoms with Crippen molar-refractivity contribution >= 4 is 33.4 Å². The number of hydrogen-bond acceptors (Lipinski definition) is 16. The second-order valence-electron chi connectivity index (χ2n) is 17.5. The fraction of sp³-hybridized carbons (Fsp3) is 0.615. The van der Waals surface area contributed by atoms with Gasteiger partial charge in [-0.15, -0.1) is 0 Å². The van der Waals surface area contributed by atoms with Crippen LogP contribution in [-0.2, 0) is 46.3 Å². The average molecular weight is 1070 g/mol. The summed E-state index contributed by atoms with van der Waals surface area (Å²) in [4.78, 5) is 61.9. The Morgan fingerprint density at radius 2 is 1.23 bits per heavy atom. The number of aliphatic hydroxyl groups excluding tert-OH is 3. The first-order valence-corrected chi connectivity index (χ1v) is 28.7. The first-order chi connectivity index (χ1) is 35.1. The van der Waals surface area contributed by atoms with Crippen molar-refractivity contribution in [2.45, 2.75) is 185 Å². The van der Waals surface area contributed by atoms with Gasteiger partial charge in [-0.05, 0) is 89.5 Å². The van der Waals surface area contributed by atoms with Crippen LogP contribution in [0.1, 0.15) is 155 Å². The third-order valence-corrected chi connectivity index (χ3v) is 13.6. The number of nitrogens with two attached hydrogens (primary N) is 1. The molecule has 1 aromatic heterocycles. The van der Waals surface area contributed by atoms with Crippen LogP contribution >= 0.6 is 15.6 Å². The molecule has 1 saturated heterocycles. The molecule has 1 aromatic rings. The van der Waals surface area contributed by atoms with Crippen LogP contribution < -0.4 is 11.4 Å². The highest BCUT2D eigenvalue weighted by Crippen LogP contribution is 2.60. The fourth-order valence-electron chi connectivity index (χ4n) is 7.04. The molecule has 73 heavy (non-hydrogen) atoms. The molecule has 0 aliphatic carbocycles. The van der Waals surface area contributed by atoms with Gasteiger partial charge in [-0.3, -0.25) is 23.2 Å². The molecule has 412 valence electrons. The minimum absolute atomic E-state index is 0.0318. The van der Waals surface area contributed by atoms with Crippen LogP contribution in [0.2, 0.25) is 0 Å². The van der Waals surface area contributed by atoms with Crippen molar-refractivity contribution in [1.82, 2.24) is 9.55 Å². The number of unbranched alkanes of at least 4 members (excludes halogenated alkanes) is 8. The number of esters is 2. The van der Waals surface area contributed by atoms with E-state index in [0.717, 1.165) is 55.7 Å². The fourth-order valence-corrected chi connectivity index (χ4v) is 9.15. The first kappa shape index (κ1) is 65.0. The number of phosphoric ester groups is 2. The molecule has 1 fully saturated rings. The van der Waals surface area contributed by atoms with Crippen LogP contribution in [0.4, 0.5) is 5.82 Å². The highest BCUT2D eigenvalue weighted by molar-refractivity contribution is 7.61. The van der Waals surface area contributed by atoms with Gasteiger partial charge in [0.15, 0.2) is 12.3 Å². The van der Waals surface area contributed by atoms with Crippen molar-refractivity contribution in [3.8, 4) is 0 Å². The van der Waals surface area contributed by atoms with Gasteiger partial charge in [-0.25, -0.2) is 13.9 Å². The summed E-state index contributed by atoms with van der Waals surface area (Å²) in [5, 5.41) is 30.7. The number of ether oxygens (including phenoxy) is 3. The van der Waals surface area contributed by atoms with Crippen LogP contribution in [0.15, 0.2) is 102 Å². The second kappa shape index (κ2) is 39.3. The third kappa shape index (κ3) is 32.1. The normalized spacial score (nSPS) is 20.1. The Bertz CT molecular complexity index is 2070. The van der Waals surface area contributed by atoms with E-state index in [1.54, 1.807) is 0 Å². The summed E-state index contributed by atoms with van der Waals surface area (Å²) in [6, 6.07) is 1.24. The van der Waals surface area contributed by atoms with E-state index in [9.17, 15) is 48.6 Å². The number of carbonyl (C=O) groups is 2. The van der Waals surface area contributed by atoms with Crippen LogP contribution in [0, 0.1) is 0 Å². The third-order valence-electron chi connectivity index (χ3n) is 11.0. The Labute approximate surface area is 431 Å². The van der Waals surface area contributed by atoms with Crippen LogP contribution in [0.25, 0.3) is 0 Å². The van der Waals surface area contributed by atoms with Crippen molar-refractivity contribution in [1.29, 1.82) is 0 Å². The minimum Gasteiger partial charge on any atom is -0.462 e. The summed E-state index contributed by atoms with van der Waals surface area (Å²) in [7, 11) is -10.9. The van der Waals surface area contributed by atoms with E-state index in [4.69, 9.17) is 29.0 Å². The summed E-state index contributed by atoms with van der Waals surface area (Å²) in [5.41, 5.74) is 4.57. The zero-order valence-electron chi connectivity index (χ0n) is 42.8. The number of nitrogen functional groups attached to an aromatic ring is 1. The molecule has 2 rings (SSSR count). The molecule has 3 unspecified atom stereocenters. The first-order valence-electron chi connectivity index (χ1n) is 25.7. The zero-order valence-corrected chi connectivity index (χ0v) is 44.6. The number of phosphoric acid groups is 2. The molecule has 2 heterocycles. The highest BCUT2D eigenvalue weighted by atomic mass is 31.3. The Kier molecular flexibility index (Phi) is 35.0. The minimum atomic E-state index is -5.46. The lowest BCUT2D eigenvalue weighted by molar-refractivity contribution is -0.161. The number of aromatic nitrogens is 2. The van der Waals surface area contributed by atoms with Crippen molar-refractivity contribution in [3.05, 3.63) is 108 Å². The van der Waals surface area contributed by atoms with E-state index >= 15 is 0 Å². The maximum atomic E-state index is 12.8. The van der Waals surface area contributed by atoms with Crippen LogP contribution in [-0.4, -0.2) is 96.9 Å². The number of nitrogens with zero attached hydrogens (tertiary/aromatic N) is 2. The largest absolute Gasteiger partial charge is 0.481 e. The van der Waals surface area contributed by atoms with Crippen LogP contribution in [0.3, 0.4) is 0 Å². The maximum Gasteiger partial charge on any atom is 0.481 e. The smallest absolute Gasteiger partial charge is 0.462 e. The average Bonchev–Trinajstić information content (AvgIpc) is 3.62. The molecular formula is C52H83N3O16P2. The Balaban J connectivity index is 1.86. The SMILES string of the molecule is CCCCCCCC/C=C\C/C=C\C/C=C\CCCC(=O)OC[C@H](COP(=O)(O)OP(=O)(O)OC[C@H]1O[C@@H](n2ccc(N)nc2=O)[C@H](O)[C@@H]1O)OC(=O)CCC/C=C\C/C=C\C/C=C\C/C=C\CC(O)CCC. The number of anilines is 1. The standard InChI is InChI=1S/C52H83N3O16P2/c1-3-5-6-7-8-9-10-11-12-13-14-17-20-23-26-29-32-36-47(57)66-40-44(69-48(58)37-33-30-27-24-21-18-15-16-19-22-25-28-31-35-43(56)34-4-2)41-67-72(62,63)71-73(64,65)68-42-45-49(59)50(60)51(70-45)55-39-38-46(53)54-52(55)61/h11-12,14-15,17-19,22-24,26-28,31,38-39,43-45,49-51,56,59-60H,3-10,13,16,20-21,25,29-30,32-37,40-42H2,1-2H3,(H,62,63)(H,64,65)(H2,53,54,61)/b12-11-,17-14-,18-15-,22-19-,26-23-,27-24-,31-28-/t43?,44-,45-,49-,50-,51-/m1/s1. The van der Waals surface area contributed by atoms with E-state index in [-0.39, 0.29) is 24.8 Å². The van der Waals surface area contributed by atoms with Gasteiger partial charge >= 0.3 is 33.3 Å². The van der Waals surface area contributed by atoms with Gasteiger partial charge in [-0.1, -0.05) is 137 Å². The van der Waals surface area contributed by atoms with Gasteiger partial charge in [0.05, 0.1) is 19.3 Å². The molecule has 1 aliphatic rings. The molecule has 0 saturated carbocycles. The van der Waals surface area contributed by atoms with Crippen molar-refractivity contribution in [3.63, 3.8) is 0 Å². The highest BCUT2D eigenvalue weighted by Gasteiger charge is 2.46. The zero-order chi connectivity index (χ0) is 53.6. The van der Waals surface area contributed by atoms with E-state index in [1.807, 2.05) is 55.5 Å². The summed E-state index contributed by atoms with van der Waals surface area (Å²) < 4.78 is 56.6. The molecule has 1 aliphatic heterocycles. The second-order valence-corrected chi connectivity index (χ2v) is 20.5. The number of hydrogen-bond donors (Lipinski definition) is 6. The van der Waals surface area contributed by atoms with E-state index in [2.05, 4.69) is 52.7 Å². The summed E-state index contributed by atoms with van der Waals surface area (Å²) >= 11 is 0. The van der Waals surface area contributed by atoms with Gasteiger partial charge in [-0.2, -0.15) is 9.29 Å². The maximum absolute atomic E-state index is 12.8. The number of allylic oxidation sites excluding steroid dienone is 13. The van der Waals surface area contributed by atoms with Crippen molar-refractivity contribution in [2.24, 2.45) is 0 Å². The predicted molar refractivity (Wildman–Crippen MR) is 281 cm³/mol. The molecule has 7 N–H and O–H groups in total. The Morgan fingerprint density at radius 3 is 1.81 bits per heavy atom. The molecule has 0 amide bonds. The van der Waals surface area contributed by atoms with Gasteiger partial charge < -0.3 is 45.1 Å². The van der Waals surface area contributed by atoms with Gasteiger partial charge in [0, 0.05) is 19.0 Å². The molecular weight excluding hydrogens is 985 g/mol. The molecule has 0 spiro atoms. The van der Waals surface area contributed by atoms with Gasteiger partial charge in [0.25, 0.3) is 0 Å². The molecule has 21 heteroatoms. The van der Waals surface area contributed by atoms with Crippen molar-refractivity contribution in [2.75, 3.05) is 25.6 Å². The topological polar surface area (TPSA) is 286 Å². The molecule has 8 atom stereocenters. The summed E-state index contributed by atoms with van der Waals surface area (Å²) in [5.74, 6) is -1.46. The molecule has 0 bridgehead atoms. The number of rotatable bonds is 41. The molecule has 0 radical (unpaired) electrons. The van der Waals surface area contributed by atoms with Gasteiger partial charge in [0.1, 0.15) is 30.7 Å². The quantitative estimate of drug-likeness (QED) is 0.0154. The van der Waals surface area contributed by atoms with Gasteiger partial charge in [0.2, 0.25) is 0 Å². The Hall–Kier alpha value is -4.10. The summed E-state index contributed by atoms with van der Waals surface area (Å²) in [6.07, 6.45) is 38.8. The van der Waals surface area contributed by atoms with E-state index in [0.29, 0.717) is 38.5 Å². The molecule has 19 nitrogen and oxygen atoms in total. The monoisotopic (exact) mass is 1070 g/mol. The lowest BCUT2D eigenvalue weighted by Crippen LogP contribution is -2.36. The predicted octanol–water partition coefficient (Wildman–Crippen LogP) is 9.64.